The van der Waals surface area contributed by atoms with E-state index >= 15 is 0 Å². The Morgan fingerprint density at radius 3 is 2.28 bits per heavy atom. The predicted octanol–water partition coefficient (Wildman–Crippen LogP) is 3.74. The molecular formula is C22H27NO6. The van der Waals surface area contributed by atoms with Gasteiger partial charge in [0.1, 0.15) is 17.9 Å². The molecule has 0 aliphatic rings. The lowest BCUT2D eigenvalue weighted by Crippen LogP contribution is -2.25. The summed E-state index contributed by atoms with van der Waals surface area (Å²) < 4.78 is 15.6. The second kappa shape index (κ2) is 9.41. The summed E-state index contributed by atoms with van der Waals surface area (Å²) in [4.78, 5) is 40.0. The smallest absolute Gasteiger partial charge is 0.355 e. The van der Waals surface area contributed by atoms with Gasteiger partial charge in [0.15, 0.2) is 0 Å². The Labute approximate surface area is 170 Å². The molecule has 1 N–H and O–H groups in total. The molecule has 1 aromatic carbocycles. The van der Waals surface area contributed by atoms with Gasteiger partial charge in [0.2, 0.25) is 0 Å². The lowest BCUT2D eigenvalue weighted by atomic mass is 10.0. The molecule has 0 amide bonds. The number of nitrogens with one attached hydrogen (secondary N) is 1. The van der Waals surface area contributed by atoms with Gasteiger partial charge in [-0.15, -0.1) is 0 Å². The van der Waals surface area contributed by atoms with E-state index < -0.39 is 23.5 Å². The van der Waals surface area contributed by atoms with Crippen molar-refractivity contribution in [3.63, 3.8) is 0 Å². The Kier molecular flexibility index (Phi) is 7.20. The number of aromatic nitrogens is 1. The molecule has 0 bridgehead atoms. The van der Waals surface area contributed by atoms with Gasteiger partial charge >= 0.3 is 17.9 Å². The van der Waals surface area contributed by atoms with Gasteiger partial charge < -0.3 is 19.2 Å². The summed E-state index contributed by atoms with van der Waals surface area (Å²) in [5.74, 6) is -1.61. The largest absolute Gasteiger partial charge is 0.469 e. The minimum atomic E-state index is -0.700. The first-order valence-electron chi connectivity index (χ1n) is 9.35. The second-order valence-corrected chi connectivity index (χ2v) is 7.62. The highest BCUT2D eigenvalue weighted by Crippen LogP contribution is 2.25. The monoisotopic (exact) mass is 401 g/mol. The first kappa shape index (κ1) is 22.2. The average Bonchev–Trinajstić information content (AvgIpc) is 3.00. The zero-order chi connectivity index (χ0) is 21.6. The topological polar surface area (TPSA) is 94.7 Å². The van der Waals surface area contributed by atoms with E-state index in [1.54, 1.807) is 27.7 Å². The van der Waals surface area contributed by atoms with Gasteiger partial charge in [-0.2, -0.15) is 0 Å². The van der Waals surface area contributed by atoms with E-state index in [1.165, 1.54) is 7.11 Å². The number of aromatic amines is 1. The number of rotatable bonds is 7. The van der Waals surface area contributed by atoms with Crippen molar-refractivity contribution in [2.75, 3.05) is 7.11 Å². The van der Waals surface area contributed by atoms with E-state index in [-0.39, 0.29) is 30.7 Å². The molecule has 29 heavy (non-hydrogen) atoms. The maximum Gasteiger partial charge on any atom is 0.355 e. The number of carbonyl (C=O) groups excluding carboxylic acids is 3. The van der Waals surface area contributed by atoms with Crippen LogP contribution in [0, 0.1) is 6.92 Å². The quantitative estimate of drug-likeness (QED) is 0.561. The van der Waals surface area contributed by atoms with Crippen LogP contribution in [0.3, 0.4) is 0 Å². The highest BCUT2D eigenvalue weighted by atomic mass is 16.6. The van der Waals surface area contributed by atoms with Crippen LogP contribution in [0.1, 0.15) is 64.9 Å². The molecule has 0 unspecified atom stereocenters. The summed E-state index contributed by atoms with van der Waals surface area (Å²) in [6.45, 7) is 7.05. The normalized spacial score (nSPS) is 11.1. The van der Waals surface area contributed by atoms with Crippen LogP contribution in [0.5, 0.6) is 0 Å². The van der Waals surface area contributed by atoms with Gasteiger partial charge in [-0.25, -0.2) is 9.59 Å². The number of H-pyrrole nitrogens is 1. The Bertz CT molecular complexity index is 877. The first-order valence-corrected chi connectivity index (χ1v) is 9.35. The Hall–Kier alpha value is -3.09. The molecule has 0 spiro atoms. The van der Waals surface area contributed by atoms with E-state index in [2.05, 4.69) is 9.72 Å². The van der Waals surface area contributed by atoms with Crippen LogP contribution in [-0.4, -0.2) is 35.6 Å². The van der Waals surface area contributed by atoms with Crippen LogP contribution in [-0.2, 0) is 32.0 Å². The minimum absolute atomic E-state index is 0.0164. The van der Waals surface area contributed by atoms with Crippen molar-refractivity contribution in [2.45, 2.75) is 52.7 Å². The second-order valence-electron chi connectivity index (χ2n) is 7.62. The molecule has 7 nitrogen and oxygen atoms in total. The molecule has 0 saturated heterocycles. The third-order valence-corrected chi connectivity index (χ3v) is 4.12. The lowest BCUT2D eigenvalue weighted by Gasteiger charge is -2.20. The molecule has 0 radical (unpaired) electrons. The van der Waals surface area contributed by atoms with Crippen LogP contribution in [0.4, 0.5) is 0 Å². The van der Waals surface area contributed by atoms with Crippen molar-refractivity contribution in [2.24, 2.45) is 0 Å². The maximum absolute atomic E-state index is 12.7. The van der Waals surface area contributed by atoms with E-state index in [1.807, 2.05) is 30.3 Å². The number of benzene rings is 1. The van der Waals surface area contributed by atoms with Gasteiger partial charge in [-0.1, -0.05) is 30.3 Å². The highest BCUT2D eigenvalue weighted by Gasteiger charge is 2.29. The molecule has 156 valence electrons. The molecule has 0 aliphatic heterocycles. The number of carbonyl (C=O) groups is 3. The van der Waals surface area contributed by atoms with Gasteiger partial charge in [-0.05, 0) is 45.2 Å². The van der Waals surface area contributed by atoms with E-state index in [4.69, 9.17) is 9.47 Å². The van der Waals surface area contributed by atoms with Crippen LogP contribution in [0.15, 0.2) is 30.3 Å². The minimum Gasteiger partial charge on any atom is -0.469 e. The number of aryl methyl sites for hydroxylation is 1. The molecule has 2 aromatic rings. The number of hydrogen-bond donors (Lipinski definition) is 1. The number of hydrogen-bond acceptors (Lipinski definition) is 6. The summed E-state index contributed by atoms with van der Waals surface area (Å²) in [5, 5.41) is 0. The van der Waals surface area contributed by atoms with Crippen LogP contribution >= 0.6 is 0 Å². The molecule has 0 atom stereocenters. The van der Waals surface area contributed by atoms with Gasteiger partial charge in [0.05, 0.1) is 12.7 Å². The van der Waals surface area contributed by atoms with E-state index in [0.29, 0.717) is 11.3 Å². The first-order chi connectivity index (χ1) is 13.6. The van der Waals surface area contributed by atoms with Gasteiger partial charge in [0.25, 0.3) is 0 Å². The van der Waals surface area contributed by atoms with Crippen molar-refractivity contribution in [1.82, 2.24) is 4.98 Å². The van der Waals surface area contributed by atoms with Crippen molar-refractivity contribution in [1.29, 1.82) is 0 Å². The summed E-state index contributed by atoms with van der Waals surface area (Å²) in [6.07, 6.45) is 0.157. The summed E-state index contributed by atoms with van der Waals surface area (Å²) in [7, 11) is 1.29. The third-order valence-electron chi connectivity index (χ3n) is 4.12. The molecule has 2 rings (SSSR count). The zero-order valence-corrected chi connectivity index (χ0v) is 17.5. The van der Waals surface area contributed by atoms with Crippen molar-refractivity contribution < 1.29 is 28.6 Å². The molecule has 7 heteroatoms. The fraction of sp³-hybridized carbons (Fsp3) is 0.409. The number of methoxy groups -OCH3 is 1. The SMILES string of the molecule is COC(=O)CCc1c(C(=O)OCc2ccccc2)[nH]c(C)c1C(=O)OC(C)(C)C. The summed E-state index contributed by atoms with van der Waals surface area (Å²) >= 11 is 0. The fourth-order valence-electron chi connectivity index (χ4n) is 2.83. The summed E-state index contributed by atoms with van der Waals surface area (Å²) in [6, 6.07) is 9.27. The standard InChI is InChI=1S/C22H27NO6/c1-14-18(20(25)29-22(2,3)4)16(11-12-17(24)27-5)19(23-14)21(26)28-13-15-9-7-6-8-10-15/h6-10,23H,11-13H2,1-5H3. The molecule has 0 aliphatic carbocycles. The Morgan fingerprint density at radius 1 is 1.03 bits per heavy atom. The highest BCUT2D eigenvalue weighted by molar-refractivity contribution is 5.99. The van der Waals surface area contributed by atoms with E-state index in [0.717, 1.165) is 5.56 Å². The van der Waals surface area contributed by atoms with Gasteiger partial charge in [0, 0.05) is 12.1 Å². The molecule has 0 saturated carbocycles. The summed E-state index contributed by atoms with van der Waals surface area (Å²) in [5.41, 5.74) is 1.39. The molecule has 0 fully saturated rings. The maximum atomic E-state index is 12.7. The van der Waals surface area contributed by atoms with Crippen molar-refractivity contribution >= 4 is 17.9 Å². The van der Waals surface area contributed by atoms with Crippen LogP contribution in [0.2, 0.25) is 0 Å². The molecular weight excluding hydrogens is 374 g/mol. The van der Waals surface area contributed by atoms with E-state index in [9.17, 15) is 14.4 Å². The predicted molar refractivity (Wildman–Crippen MR) is 107 cm³/mol. The average molecular weight is 401 g/mol. The molecule has 1 heterocycles. The van der Waals surface area contributed by atoms with Crippen molar-refractivity contribution in [3.05, 3.63) is 58.4 Å². The van der Waals surface area contributed by atoms with Gasteiger partial charge in [-0.3, -0.25) is 4.79 Å². The van der Waals surface area contributed by atoms with Crippen molar-refractivity contribution in [3.8, 4) is 0 Å². The Morgan fingerprint density at radius 2 is 1.69 bits per heavy atom. The number of esters is 3. The number of ether oxygens (including phenoxy) is 3. The third kappa shape index (κ3) is 6.20. The fourth-order valence-corrected chi connectivity index (χ4v) is 2.83. The lowest BCUT2D eigenvalue weighted by molar-refractivity contribution is -0.140. The van der Waals surface area contributed by atoms with Crippen LogP contribution < -0.4 is 0 Å². The zero-order valence-electron chi connectivity index (χ0n) is 17.5. The van der Waals surface area contributed by atoms with Crippen LogP contribution in [0.25, 0.3) is 0 Å². The Balaban J connectivity index is 2.31. The molecule has 1 aromatic heterocycles.